The van der Waals surface area contributed by atoms with Crippen LogP contribution < -0.4 is 0 Å². The van der Waals surface area contributed by atoms with E-state index in [4.69, 9.17) is 0 Å². The first-order valence-corrected chi connectivity index (χ1v) is 8.31. The molecule has 1 aromatic rings. The predicted molar refractivity (Wildman–Crippen MR) is 84.5 cm³/mol. The standard InChI is InChI=1S/C16H21NO3S/c1-3-21-10-12-4-6-13(7-5-12)14(18)17-9-8-16(2,11-17)15(19)20/h4-7H,3,8-11H2,1-2H3,(H,19,20)/t16-/m0/s1. The minimum Gasteiger partial charge on any atom is -0.481 e. The van der Waals surface area contributed by atoms with Gasteiger partial charge < -0.3 is 10.0 Å². The topological polar surface area (TPSA) is 57.6 Å². The van der Waals surface area contributed by atoms with Gasteiger partial charge in [0.25, 0.3) is 5.91 Å². The summed E-state index contributed by atoms with van der Waals surface area (Å²) in [4.78, 5) is 25.3. The number of thioether (sulfide) groups is 1. The highest BCUT2D eigenvalue weighted by Gasteiger charge is 2.42. The number of benzene rings is 1. The average molecular weight is 307 g/mol. The molecule has 1 fully saturated rings. The molecule has 1 N–H and O–H groups in total. The smallest absolute Gasteiger partial charge is 0.311 e. The Morgan fingerprint density at radius 1 is 1.33 bits per heavy atom. The fourth-order valence-corrected chi connectivity index (χ4v) is 3.09. The van der Waals surface area contributed by atoms with E-state index in [1.54, 1.807) is 11.8 Å². The van der Waals surface area contributed by atoms with Crippen LogP contribution in [0.3, 0.4) is 0 Å². The highest BCUT2D eigenvalue weighted by molar-refractivity contribution is 7.98. The molecule has 4 nitrogen and oxygen atoms in total. The Balaban J connectivity index is 2.02. The van der Waals surface area contributed by atoms with E-state index in [-0.39, 0.29) is 12.5 Å². The van der Waals surface area contributed by atoms with Gasteiger partial charge in [0.1, 0.15) is 0 Å². The molecule has 0 bridgehead atoms. The maximum atomic E-state index is 12.4. The van der Waals surface area contributed by atoms with Crippen LogP contribution in [0.15, 0.2) is 24.3 Å². The third kappa shape index (κ3) is 3.59. The van der Waals surface area contributed by atoms with Crippen LogP contribution in [0.1, 0.15) is 36.2 Å². The third-order valence-corrected chi connectivity index (χ3v) is 4.90. The lowest BCUT2D eigenvalue weighted by atomic mass is 9.90. The Kier molecular flexibility index (Phi) is 4.93. The van der Waals surface area contributed by atoms with Gasteiger partial charge >= 0.3 is 5.97 Å². The molecule has 0 unspecified atom stereocenters. The predicted octanol–water partition coefficient (Wildman–Crippen LogP) is 2.88. The average Bonchev–Trinajstić information content (AvgIpc) is 2.89. The van der Waals surface area contributed by atoms with Crippen molar-refractivity contribution in [3.63, 3.8) is 0 Å². The molecule has 0 aliphatic carbocycles. The number of aliphatic carboxylic acids is 1. The molecular formula is C16H21NO3S. The molecule has 5 heteroatoms. The van der Waals surface area contributed by atoms with E-state index in [9.17, 15) is 14.7 Å². The van der Waals surface area contributed by atoms with Crippen molar-refractivity contribution in [3.05, 3.63) is 35.4 Å². The van der Waals surface area contributed by atoms with Crippen molar-refractivity contribution in [3.8, 4) is 0 Å². The molecule has 1 aliphatic heterocycles. The second-order valence-corrected chi connectivity index (χ2v) is 6.95. The van der Waals surface area contributed by atoms with Crippen LogP contribution in [-0.2, 0) is 10.5 Å². The number of carbonyl (C=O) groups is 2. The lowest BCUT2D eigenvalue weighted by Crippen LogP contribution is -2.34. The summed E-state index contributed by atoms with van der Waals surface area (Å²) in [5.41, 5.74) is 1.03. The maximum absolute atomic E-state index is 12.4. The second-order valence-electron chi connectivity index (χ2n) is 5.68. The van der Waals surface area contributed by atoms with E-state index in [0.29, 0.717) is 18.5 Å². The highest BCUT2D eigenvalue weighted by atomic mass is 32.2. The van der Waals surface area contributed by atoms with Crippen molar-refractivity contribution in [1.29, 1.82) is 0 Å². The van der Waals surface area contributed by atoms with Crippen molar-refractivity contribution >= 4 is 23.6 Å². The highest BCUT2D eigenvalue weighted by Crippen LogP contribution is 2.31. The molecule has 0 spiro atoms. The molecule has 1 amide bonds. The number of carboxylic acid groups (broad SMARTS) is 1. The van der Waals surface area contributed by atoms with E-state index in [2.05, 4.69) is 6.92 Å². The maximum Gasteiger partial charge on any atom is 0.311 e. The number of amides is 1. The molecule has 1 saturated heterocycles. The quantitative estimate of drug-likeness (QED) is 0.909. The molecule has 114 valence electrons. The molecule has 1 aliphatic rings. The minimum atomic E-state index is -0.829. The fourth-order valence-electron chi connectivity index (χ4n) is 2.46. The van der Waals surface area contributed by atoms with Crippen molar-refractivity contribution in [2.75, 3.05) is 18.8 Å². The second kappa shape index (κ2) is 6.52. The Hall–Kier alpha value is -1.49. The van der Waals surface area contributed by atoms with Crippen LogP contribution >= 0.6 is 11.8 Å². The van der Waals surface area contributed by atoms with E-state index < -0.39 is 11.4 Å². The van der Waals surface area contributed by atoms with Crippen LogP contribution in [0.4, 0.5) is 0 Å². The molecule has 1 atom stereocenters. The zero-order valence-electron chi connectivity index (χ0n) is 12.5. The number of hydrogen-bond donors (Lipinski definition) is 1. The first kappa shape index (κ1) is 15.9. The number of likely N-dealkylation sites (tertiary alicyclic amines) is 1. The van der Waals surface area contributed by atoms with Crippen LogP contribution in [-0.4, -0.2) is 40.7 Å². The van der Waals surface area contributed by atoms with E-state index in [1.807, 2.05) is 36.0 Å². The summed E-state index contributed by atoms with van der Waals surface area (Å²) in [7, 11) is 0. The van der Waals surface area contributed by atoms with Gasteiger partial charge in [-0.25, -0.2) is 0 Å². The van der Waals surface area contributed by atoms with Gasteiger partial charge in [0, 0.05) is 24.4 Å². The summed E-state index contributed by atoms with van der Waals surface area (Å²) in [5, 5.41) is 9.22. The van der Waals surface area contributed by atoms with Gasteiger partial charge in [-0.15, -0.1) is 0 Å². The first-order chi connectivity index (χ1) is 9.96. The molecular weight excluding hydrogens is 286 g/mol. The summed E-state index contributed by atoms with van der Waals surface area (Å²) in [6.45, 7) is 4.62. The summed E-state index contributed by atoms with van der Waals surface area (Å²) in [6.07, 6.45) is 0.513. The molecule has 1 aromatic carbocycles. The normalized spacial score (nSPS) is 21.5. The zero-order chi connectivity index (χ0) is 15.5. The fraction of sp³-hybridized carbons (Fsp3) is 0.500. The lowest BCUT2D eigenvalue weighted by molar-refractivity contribution is -0.147. The molecule has 21 heavy (non-hydrogen) atoms. The third-order valence-electron chi connectivity index (χ3n) is 3.95. The lowest BCUT2D eigenvalue weighted by Gasteiger charge is -2.20. The van der Waals surface area contributed by atoms with Crippen molar-refractivity contribution in [1.82, 2.24) is 4.90 Å². The molecule has 0 radical (unpaired) electrons. The van der Waals surface area contributed by atoms with E-state index in [0.717, 1.165) is 11.5 Å². The van der Waals surface area contributed by atoms with Crippen LogP contribution in [0.2, 0.25) is 0 Å². The van der Waals surface area contributed by atoms with Gasteiger partial charge in [-0.2, -0.15) is 11.8 Å². The number of carbonyl (C=O) groups excluding carboxylic acids is 1. The Morgan fingerprint density at radius 2 is 2.00 bits per heavy atom. The van der Waals surface area contributed by atoms with E-state index >= 15 is 0 Å². The SMILES string of the molecule is CCSCc1ccc(C(=O)N2CC[C@](C)(C(=O)O)C2)cc1. The van der Waals surface area contributed by atoms with Crippen molar-refractivity contribution < 1.29 is 14.7 Å². The first-order valence-electron chi connectivity index (χ1n) is 7.15. The number of rotatable bonds is 5. The molecule has 0 aromatic heterocycles. The summed E-state index contributed by atoms with van der Waals surface area (Å²) >= 11 is 1.84. The van der Waals surface area contributed by atoms with Gasteiger partial charge in [-0.3, -0.25) is 9.59 Å². The number of hydrogen-bond acceptors (Lipinski definition) is 3. The Bertz CT molecular complexity index is 529. The monoisotopic (exact) mass is 307 g/mol. The Morgan fingerprint density at radius 3 is 2.52 bits per heavy atom. The van der Waals surface area contributed by atoms with Gasteiger partial charge in [0.05, 0.1) is 5.41 Å². The van der Waals surface area contributed by atoms with Gasteiger partial charge in [0.2, 0.25) is 0 Å². The van der Waals surface area contributed by atoms with Crippen molar-refractivity contribution in [2.24, 2.45) is 5.41 Å². The summed E-state index contributed by atoms with van der Waals surface area (Å²) in [6, 6.07) is 7.62. The molecule has 2 rings (SSSR count). The van der Waals surface area contributed by atoms with Gasteiger partial charge in [-0.05, 0) is 36.8 Å². The molecule has 1 heterocycles. The minimum absolute atomic E-state index is 0.0744. The van der Waals surface area contributed by atoms with Crippen LogP contribution in [0.25, 0.3) is 0 Å². The number of nitrogens with zero attached hydrogens (tertiary/aromatic N) is 1. The largest absolute Gasteiger partial charge is 0.481 e. The summed E-state index contributed by atoms with van der Waals surface area (Å²) < 4.78 is 0. The van der Waals surface area contributed by atoms with Crippen LogP contribution in [0, 0.1) is 5.41 Å². The zero-order valence-corrected chi connectivity index (χ0v) is 13.3. The number of carboxylic acids is 1. The Labute approximate surface area is 129 Å². The van der Waals surface area contributed by atoms with Crippen molar-refractivity contribution in [2.45, 2.75) is 26.0 Å². The van der Waals surface area contributed by atoms with Gasteiger partial charge in [0.15, 0.2) is 0 Å². The molecule has 0 saturated carbocycles. The summed E-state index contributed by atoms with van der Waals surface area (Å²) in [5.74, 6) is 1.12. The van der Waals surface area contributed by atoms with Crippen LogP contribution in [0.5, 0.6) is 0 Å². The van der Waals surface area contributed by atoms with Gasteiger partial charge in [-0.1, -0.05) is 19.1 Å². The van der Waals surface area contributed by atoms with E-state index in [1.165, 1.54) is 5.56 Å².